The van der Waals surface area contributed by atoms with Gasteiger partial charge in [-0.25, -0.2) is 0 Å². The van der Waals surface area contributed by atoms with Crippen molar-refractivity contribution in [2.24, 2.45) is 0 Å². The van der Waals surface area contributed by atoms with Crippen molar-refractivity contribution in [1.29, 1.82) is 0 Å². The molecule has 1 atom stereocenters. The summed E-state index contributed by atoms with van der Waals surface area (Å²) in [5.74, 6) is 0. The highest BCUT2D eigenvalue weighted by Gasteiger charge is 2.33. The first-order valence-electron chi connectivity index (χ1n) is 8.39. The van der Waals surface area contributed by atoms with Gasteiger partial charge in [-0.1, -0.05) is 23.8 Å². The second-order valence-corrected chi connectivity index (χ2v) is 7.00. The SMILES string of the molecule is Cc1ccc2c(c1)C(NC1CCN(C3CC3)CC1)CC2. The number of likely N-dealkylation sites (tertiary alicyclic amines) is 1. The van der Waals surface area contributed by atoms with Crippen molar-refractivity contribution in [2.45, 2.75) is 63.6 Å². The summed E-state index contributed by atoms with van der Waals surface area (Å²) in [6.45, 7) is 4.84. The molecule has 2 heteroatoms. The summed E-state index contributed by atoms with van der Waals surface area (Å²) >= 11 is 0. The van der Waals surface area contributed by atoms with E-state index in [1.165, 1.54) is 57.2 Å². The zero-order valence-corrected chi connectivity index (χ0v) is 12.6. The number of piperidine rings is 1. The number of nitrogens with one attached hydrogen (secondary N) is 1. The van der Waals surface area contributed by atoms with E-state index < -0.39 is 0 Å². The van der Waals surface area contributed by atoms with Gasteiger partial charge in [0.15, 0.2) is 0 Å². The lowest BCUT2D eigenvalue weighted by Crippen LogP contribution is -2.44. The molecule has 0 bridgehead atoms. The number of hydrogen-bond acceptors (Lipinski definition) is 2. The molecule has 2 aliphatic carbocycles. The van der Waals surface area contributed by atoms with Crippen LogP contribution < -0.4 is 5.32 Å². The summed E-state index contributed by atoms with van der Waals surface area (Å²) in [6.07, 6.45) is 8.14. The highest BCUT2D eigenvalue weighted by molar-refractivity contribution is 5.37. The Balaban J connectivity index is 1.38. The second-order valence-electron chi connectivity index (χ2n) is 7.00. The molecule has 1 heterocycles. The van der Waals surface area contributed by atoms with Crippen LogP contribution in [0.25, 0.3) is 0 Å². The predicted octanol–water partition coefficient (Wildman–Crippen LogP) is 3.20. The van der Waals surface area contributed by atoms with E-state index >= 15 is 0 Å². The van der Waals surface area contributed by atoms with E-state index in [0.717, 1.165) is 12.1 Å². The van der Waals surface area contributed by atoms with Crippen LogP contribution in [-0.2, 0) is 6.42 Å². The summed E-state index contributed by atoms with van der Waals surface area (Å²) in [5, 5.41) is 3.95. The van der Waals surface area contributed by atoms with Gasteiger partial charge in [0, 0.05) is 18.1 Å². The summed E-state index contributed by atoms with van der Waals surface area (Å²) < 4.78 is 0. The lowest BCUT2D eigenvalue weighted by Gasteiger charge is -2.34. The van der Waals surface area contributed by atoms with Crippen LogP contribution >= 0.6 is 0 Å². The van der Waals surface area contributed by atoms with Gasteiger partial charge in [0.2, 0.25) is 0 Å². The van der Waals surface area contributed by atoms with Gasteiger partial charge in [-0.15, -0.1) is 0 Å². The minimum atomic E-state index is 0.613. The molecule has 4 rings (SSSR count). The molecule has 2 nitrogen and oxygen atoms in total. The van der Waals surface area contributed by atoms with Gasteiger partial charge in [-0.05, 0) is 69.7 Å². The second kappa shape index (κ2) is 5.16. The van der Waals surface area contributed by atoms with Crippen molar-refractivity contribution in [2.75, 3.05) is 13.1 Å². The van der Waals surface area contributed by atoms with Gasteiger partial charge in [-0.2, -0.15) is 0 Å². The number of rotatable bonds is 3. The molecule has 0 radical (unpaired) electrons. The predicted molar refractivity (Wildman–Crippen MR) is 83.0 cm³/mol. The summed E-state index contributed by atoms with van der Waals surface area (Å²) in [4.78, 5) is 2.71. The Kier molecular flexibility index (Phi) is 3.31. The standard InChI is InChI=1S/C18H26N2/c1-13-2-3-14-4-7-18(17(14)12-13)19-15-8-10-20(11-9-15)16-5-6-16/h2-3,12,15-16,18-19H,4-11H2,1H3. The van der Waals surface area contributed by atoms with Crippen LogP contribution in [0, 0.1) is 6.92 Å². The van der Waals surface area contributed by atoms with Crippen molar-refractivity contribution < 1.29 is 0 Å². The molecule has 1 N–H and O–H groups in total. The van der Waals surface area contributed by atoms with Crippen LogP contribution in [0.1, 0.15) is 54.8 Å². The highest BCUT2D eigenvalue weighted by Crippen LogP contribution is 2.34. The fourth-order valence-electron chi connectivity index (χ4n) is 4.05. The monoisotopic (exact) mass is 270 g/mol. The molecule has 0 amide bonds. The van der Waals surface area contributed by atoms with Crippen LogP contribution in [0.2, 0.25) is 0 Å². The normalized spacial score (nSPS) is 27.8. The van der Waals surface area contributed by atoms with Crippen molar-refractivity contribution in [3.05, 3.63) is 34.9 Å². The van der Waals surface area contributed by atoms with Crippen LogP contribution in [0.3, 0.4) is 0 Å². The highest BCUT2D eigenvalue weighted by atomic mass is 15.2. The van der Waals surface area contributed by atoms with E-state index in [1.807, 2.05) is 0 Å². The maximum atomic E-state index is 3.95. The Morgan fingerprint density at radius 1 is 1.05 bits per heavy atom. The molecule has 1 saturated carbocycles. The third-order valence-corrected chi connectivity index (χ3v) is 5.41. The maximum Gasteiger partial charge on any atom is 0.0328 e. The van der Waals surface area contributed by atoms with Crippen molar-refractivity contribution >= 4 is 0 Å². The number of benzene rings is 1. The van der Waals surface area contributed by atoms with Crippen molar-refractivity contribution in [3.63, 3.8) is 0 Å². The third kappa shape index (κ3) is 2.51. The fraction of sp³-hybridized carbons (Fsp3) is 0.667. The molecule has 3 aliphatic rings. The molecule has 1 saturated heterocycles. The molecule has 20 heavy (non-hydrogen) atoms. The first-order valence-corrected chi connectivity index (χ1v) is 8.39. The first-order chi connectivity index (χ1) is 9.79. The Morgan fingerprint density at radius 2 is 1.85 bits per heavy atom. The van der Waals surface area contributed by atoms with E-state index in [0.29, 0.717) is 6.04 Å². The van der Waals surface area contributed by atoms with Crippen LogP contribution in [0.5, 0.6) is 0 Å². The smallest absolute Gasteiger partial charge is 0.0328 e. The largest absolute Gasteiger partial charge is 0.307 e. The van der Waals surface area contributed by atoms with Gasteiger partial charge in [-0.3, -0.25) is 0 Å². The summed E-state index contributed by atoms with van der Waals surface area (Å²) in [5.41, 5.74) is 4.55. The molecule has 108 valence electrons. The number of nitrogens with zero attached hydrogens (tertiary/aromatic N) is 1. The lowest BCUT2D eigenvalue weighted by atomic mass is 10.0. The fourth-order valence-corrected chi connectivity index (χ4v) is 4.05. The van der Waals surface area contributed by atoms with Crippen molar-refractivity contribution in [3.8, 4) is 0 Å². The van der Waals surface area contributed by atoms with Gasteiger partial charge >= 0.3 is 0 Å². The average molecular weight is 270 g/mol. The molecule has 1 aromatic rings. The zero-order valence-electron chi connectivity index (χ0n) is 12.6. The molecule has 1 aromatic carbocycles. The first kappa shape index (κ1) is 12.8. The van der Waals surface area contributed by atoms with E-state index in [-0.39, 0.29) is 0 Å². The van der Waals surface area contributed by atoms with E-state index in [9.17, 15) is 0 Å². The van der Waals surface area contributed by atoms with Gasteiger partial charge in [0.25, 0.3) is 0 Å². The third-order valence-electron chi connectivity index (χ3n) is 5.41. The van der Waals surface area contributed by atoms with Gasteiger partial charge < -0.3 is 10.2 Å². The Hall–Kier alpha value is -0.860. The minimum Gasteiger partial charge on any atom is -0.307 e. The van der Waals surface area contributed by atoms with Gasteiger partial charge in [0.05, 0.1) is 0 Å². The quantitative estimate of drug-likeness (QED) is 0.907. The Bertz CT molecular complexity index is 484. The molecular weight excluding hydrogens is 244 g/mol. The van der Waals surface area contributed by atoms with Crippen LogP contribution in [0.4, 0.5) is 0 Å². The Labute approximate surface area is 122 Å². The van der Waals surface area contributed by atoms with Crippen molar-refractivity contribution in [1.82, 2.24) is 10.2 Å². The number of aryl methyl sites for hydroxylation is 2. The van der Waals surface area contributed by atoms with E-state index in [2.05, 4.69) is 35.3 Å². The van der Waals surface area contributed by atoms with E-state index in [1.54, 1.807) is 11.1 Å². The molecule has 0 aromatic heterocycles. The topological polar surface area (TPSA) is 15.3 Å². The lowest BCUT2D eigenvalue weighted by molar-refractivity contribution is 0.183. The number of fused-ring (bicyclic) bond motifs is 1. The van der Waals surface area contributed by atoms with Crippen LogP contribution in [-0.4, -0.2) is 30.1 Å². The van der Waals surface area contributed by atoms with E-state index in [4.69, 9.17) is 0 Å². The molecule has 0 spiro atoms. The molecular formula is C18H26N2. The number of hydrogen-bond donors (Lipinski definition) is 1. The van der Waals surface area contributed by atoms with Gasteiger partial charge in [0.1, 0.15) is 0 Å². The minimum absolute atomic E-state index is 0.613. The summed E-state index contributed by atoms with van der Waals surface area (Å²) in [7, 11) is 0. The average Bonchev–Trinajstić information content (AvgIpc) is 3.24. The maximum absolute atomic E-state index is 3.95. The molecule has 2 fully saturated rings. The van der Waals surface area contributed by atoms with Crippen LogP contribution in [0.15, 0.2) is 18.2 Å². The summed E-state index contributed by atoms with van der Waals surface area (Å²) in [6, 6.07) is 9.30. The molecule has 1 unspecified atom stereocenters. The molecule has 1 aliphatic heterocycles. The Morgan fingerprint density at radius 3 is 2.60 bits per heavy atom. The zero-order chi connectivity index (χ0) is 13.5.